The molecule has 0 amide bonds. The molecule has 0 radical (unpaired) electrons. The van der Waals surface area contributed by atoms with E-state index in [1.54, 1.807) is 18.3 Å². The van der Waals surface area contributed by atoms with Gasteiger partial charge in [-0.3, -0.25) is 9.67 Å². The fourth-order valence-corrected chi connectivity index (χ4v) is 3.51. The first-order valence-corrected chi connectivity index (χ1v) is 10.2. The van der Waals surface area contributed by atoms with Crippen LogP contribution in [0.3, 0.4) is 0 Å². The number of alkyl halides is 3. The number of benzene rings is 2. The molecule has 3 heterocycles. The van der Waals surface area contributed by atoms with Crippen molar-refractivity contribution in [1.82, 2.24) is 24.7 Å². The number of pyridine rings is 1. The van der Waals surface area contributed by atoms with Crippen molar-refractivity contribution >= 4 is 0 Å². The van der Waals surface area contributed by atoms with E-state index in [-0.39, 0.29) is 23.5 Å². The predicted octanol–water partition coefficient (Wildman–Crippen LogP) is 5.99. The molecule has 0 N–H and O–H groups in total. The van der Waals surface area contributed by atoms with Gasteiger partial charge in [0, 0.05) is 17.3 Å². The van der Waals surface area contributed by atoms with Crippen LogP contribution in [0, 0.1) is 17.5 Å². The van der Waals surface area contributed by atoms with Crippen LogP contribution in [0.4, 0.5) is 26.3 Å². The fraction of sp³-hybridized carbons (Fsp3) is 0.0833. The largest absolute Gasteiger partial charge is 0.416 e. The van der Waals surface area contributed by atoms with Crippen LogP contribution in [0.2, 0.25) is 0 Å². The van der Waals surface area contributed by atoms with Gasteiger partial charge >= 0.3 is 6.18 Å². The summed E-state index contributed by atoms with van der Waals surface area (Å²) in [5.74, 6) is -3.03. The number of aromatic nitrogens is 5. The SMILES string of the molecule is Fc1cc(C(F)(F)F)ccc1-c1ccc(Cn2cc3nc(-c4cccc(F)c4F)nc-3cn2)nc1. The van der Waals surface area contributed by atoms with Crippen LogP contribution in [-0.4, -0.2) is 24.7 Å². The fourth-order valence-electron chi connectivity index (χ4n) is 3.51. The van der Waals surface area contributed by atoms with Crippen LogP contribution in [0.15, 0.2) is 67.1 Å². The third kappa shape index (κ3) is 4.44. The number of hydrogen-bond donors (Lipinski definition) is 0. The summed E-state index contributed by atoms with van der Waals surface area (Å²) in [5.41, 5.74) is 0.503. The molecular formula is C24H13F6N5. The van der Waals surface area contributed by atoms with Crippen molar-refractivity contribution in [3.8, 4) is 33.9 Å². The van der Waals surface area contributed by atoms with E-state index < -0.39 is 29.2 Å². The molecule has 3 aromatic rings. The quantitative estimate of drug-likeness (QED) is 0.294. The second kappa shape index (κ2) is 8.49. The Kier molecular flexibility index (Phi) is 5.46. The molecule has 0 unspecified atom stereocenters. The summed E-state index contributed by atoms with van der Waals surface area (Å²) in [5, 5.41) is 4.22. The van der Waals surface area contributed by atoms with E-state index >= 15 is 0 Å². The Hall–Kier alpha value is -4.28. The number of nitrogens with zero attached hydrogens (tertiary/aromatic N) is 5. The highest BCUT2D eigenvalue weighted by Crippen LogP contribution is 2.33. The average Bonchev–Trinajstić information content (AvgIpc) is 3.24. The van der Waals surface area contributed by atoms with Gasteiger partial charge in [-0.1, -0.05) is 18.2 Å². The minimum absolute atomic E-state index is 0.00609. The van der Waals surface area contributed by atoms with Gasteiger partial charge in [0.1, 0.15) is 17.2 Å². The van der Waals surface area contributed by atoms with E-state index in [1.165, 1.54) is 29.2 Å². The zero-order chi connectivity index (χ0) is 24.7. The van der Waals surface area contributed by atoms with Gasteiger partial charge in [-0.25, -0.2) is 23.1 Å². The lowest BCUT2D eigenvalue weighted by atomic mass is 10.0. The summed E-state index contributed by atoms with van der Waals surface area (Å²) in [4.78, 5) is 12.7. The Bertz CT molecular complexity index is 1490. The van der Waals surface area contributed by atoms with Gasteiger partial charge in [0.2, 0.25) is 0 Å². The molecule has 2 aromatic carbocycles. The van der Waals surface area contributed by atoms with Crippen molar-refractivity contribution < 1.29 is 26.3 Å². The minimum atomic E-state index is -4.63. The van der Waals surface area contributed by atoms with E-state index in [2.05, 4.69) is 20.1 Å². The molecule has 5 nitrogen and oxygen atoms in total. The van der Waals surface area contributed by atoms with E-state index in [0.717, 1.165) is 18.2 Å². The summed E-state index contributed by atoms with van der Waals surface area (Å²) in [6, 6.07) is 9.19. The second-order valence-electron chi connectivity index (χ2n) is 7.62. The van der Waals surface area contributed by atoms with Gasteiger partial charge in [-0.05, 0) is 30.3 Å². The molecule has 2 aliphatic heterocycles. The zero-order valence-electron chi connectivity index (χ0n) is 17.6. The molecule has 11 heteroatoms. The van der Waals surface area contributed by atoms with Crippen LogP contribution in [0.5, 0.6) is 0 Å². The normalized spacial score (nSPS) is 11.8. The monoisotopic (exact) mass is 485 g/mol. The van der Waals surface area contributed by atoms with Crippen molar-refractivity contribution in [2.45, 2.75) is 12.7 Å². The second-order valence-corrected chi connectivity index (χ2v) is 7.62. The maximum Gasteiger partial charge on any atom is 0.416 e. The molecule has 2 aliphatic rings. The van der Waals surface area contributed by atoms with Crippen LogP contribution < -0.4 is 0 Å². The lowest BCUT2D eigenvalue weighted by molar-refractivity contribution is -0.137. The Morgan fingerprint density at radius 3 is 2.31 bits per heavy atom. The van der Waals surface area contributed by atoms with Gasteiger partial charge in [-0.2, -0.15) is 18.3 Å². The summed E-state index contributed by atoms with van der Waals surface area (Å²) in [6.07, 6.45) is -0.290. The molecule has 0 bridgehead atoms. The lowest BCUT2D eigenvalue weighted by Gasteiger charge is -2.10. The van der Waals surface area contributed by atoms with E-state index in [0.29, 0.717) is 28.7 Å². The number of imidazole rings is 1. The summed E-state index contributed by atoms with van der Waals surface area (Å²) < 4.78 is 81.6. The highest BCUT2D eigenvalue weighted by Gasteiger charge is 2.31. The van der Waals surface area contributed by atoms with Crippen LogP contribution >= 0.6 is 0 Å². The third-order valence-corrected chi connectivity index (χ3v) is 5.26. The van der Waals surface area contributed by atoms with Crippen molar-refractivity contribution in [1.29, 1.82) is 0 Å². The molecule has 0 fully saturated rings. The molecule has 35 heavy (non-hydrogen) atoms. The number of halogens is 6. The molecule has 5 rings (SSSR count). The first kappa shape index (κ1) is 22.5. The molecule has 176 valence electrons. The Balaban J connectivity index is 1.37. The lowest BCUT2D eigenvalue weighted by Crippen LogP contribution is -2.07. The Labute approximate surface area is 194 Å². The molecule has 0 spiro atoms. The zero-order valence-corrected chi connectivity index (χ0v) is 17.6. The third-order valence-electron chi connectivity index (χ3n) is 5.26. The maximum absolute atomic E-state index is 14.2. The van der Waals surface area contributed by atoms with Crippen LogP contribution in [-0.2, 0) is 12.7 Å². The predicted molar refractivity (Wildman–Crippen MR) is 114 cm³/mol. The van der Waals surface area contributed by atoms with Crippen molar-refractivity contribution in [3.63, 3.8) is 0 Å². The van der Waals surface area contributed by atoms with Gasteiger partial charge in [0.15, 0.2) is 17.5 Å². The molecule has 0 saturated carbocycles. The molecule has 1 aromatic heterocycles. The van der Waals surface area contributed by atoms with Crippen LogP contribution in [0.1, 0.15) is 11.3 Å². The van der Waals surface area contributed by atoms with Gasteiger partial charge < -0.3 is 0 Å². The molecule has 0 aliphatic carbocycles. The Morgan fingerprint density at radius 1 is 0.800 bits per heavy atom. The number of fused-ring (bicyclic) bond motifs is 1. The van der Waals surface area contributed by atoms with Gasteiger partial charge in [0.25, 0.3) is 0 Å². The average molecular weight is 485 g/mol. The van der Waals surface area contributed by atoms with Crippen molar-refractivity contribution in [2.75, 3.05) is 0 Å². The van der Waals surface area contributed by atoms with E-state index in [9.17, 15) is 26.3 Å². The molecule has 0 atom stereocenters. The molecular weight excluding hydrogens is 472 g/mol. The smallest absolute Gasteiger partial charge is 0.264 e. The first-order chi connectivity index (χ1) is 16.7. The summed E-state index contributed by atoms with van der Waals surface area (Å²) in [7, 11) is 0. The van der Waals surface area contributed by atoms with Gasteiger partial charge in [-0.15, -0.1) is 0 Å². The maximum atomic E-state index is 14.2. The summed E-state index contributed by atoms with van der Waals surface area (Å²) in [6.45, 7) is 0.197. The van der Waals surface area contributed by atoms with Crippen molar-refractivity contribution in [3.05, 3.63) is 95.8 Å². The van der Waals surface area contributed by atoms with Crippen LogP contribution in [0.25, 0.3) is 33.9 Å². The highest BCUT2D eigenvalue weighted by molar-refractivity contribution is 5.66. The standard InChI is InChI=1S/C24H13F6N5/c25-18-3-1-2-17(22(18)27)23-33-20-10-32-35(12-21(20)34-23)11-15-6-4-13(9-31-15)16-7-5-14(8-19(16)26)24(28,29)30/h1-10,12H,11H2. The van der Waals surface area contributed by atoms with E-state index in [4.69, 9.17) is 0 Å². The number of hydrogen-bond acceptors (Lipinski definition) is 4. The first-order valence-electron chi connectivity index (χ1n) is 10.2. The number of rotatable bonds is 4. The topological polar surface area (TPSA) is 56.5 Å². The van der Waals surface area contributed by atoms with E-state index in [1.807, 2.05) is 0 Å². The Morgan fingerprint density at radius 2 is 1.60 bits per heavy atom. The summed E-state index contributed by atoms with van der Waals surface area (Å²) >= 11 is 0. The molecule has 0 saturated heterocycles. The minimum Gasteiger partial charge on any atom is -0.264 e. The van der Waals surface area contributed by atoms with Crippen molar-refractivity contribution in [2.24, 2.45) is 0 Å². The van der Waals surface area contributed by atoms with Gasteiger partial charge in [0.05, 0.1) is 35.8 Å². The highest BCUT2D eigenvalue weighted by atomic mass is 19.4.